The fourth-order valence-corrected chi connectivity index (χ4v) is 1.33. The van der Waals surface area contributed by atoms with Gasteiger partial charge in [0.25, 0.3) is 0 Å². The smallest absolute Gasteiger partial charge is 0.134 e. The molecule has 0 aliphatic carbocycles. The van der Waals surface area contributed by atoms with Crippen molar-refractivity contribution in [3.63, 3.8) is 0 Å². The summed E-state index contributed by atoms with van der Waals surface area (Å²) in [5.41, 5.74) is 5.48. The second kappa shape index (κ2) is 4.89. The van der Waals surface area contributed by atoms with Crippen LogP contribution in [0, 0.1) is 11.6 Å². The van der Waals surface area contributed by atoms with Crippen LogP contribution in [0.25, 0.3) is 0 Å². The molecule has 0 saturated heterocycles. The topological polar surface area (TPSA) is 35.2 Å². The molecular formula is C11H13F2NO. The van der Waals surface area contributed by atoms with Crippen molar-refractivity contribution < 1.29 is 13.5 Å². The Balaban J connectivity index is 3.12. The summed E-state index contributed by atoms with van der Waals surface area (Å²) in [6.07, 6.45) is 1.84. The van der Waals surface area contributed by atoms with Crippen molar-refractivity contribution in [2.45, 2.75) is 12.5 Å². The molecule has 82 valence electrons. The molecule has 0 spiro atoms. The van der Waals surface area contributed by atoms with E-state index in [1.807, 2.05) is 0 Å². The molecule has 0 fully saturated rings. The number of rotatable bonds is 4. The van der Waals surface area contributed by atoms with Gasteiger partial charge in [0, 0.05) is 23.7 Å². The lowest BCUT2D eigenvalue weighted by atomic mass is 10.0. The second-order valence-electron chi connectivity index (χ2n) is 3.14. The van der Waals surface area contributed by atoms with Crippen LogP contribution in [0.1, 0.15) is 18.0 Å². The minimum Gasteiger partial charge on any atom is -0.497 e. The zero-order valence-corrected chi connectivity index (χ0v) is 8.47. The normalized spacial score (nSPS) is 12.3. The van der Waals surface area contributed by atoms with E-state index >= 15 is 0 Å². The Morgan fingerprint density at radius 3 is 2.40 bits per heavy atom. The quantitative estimate of drug-likeness (QED) is 0.780. The summed E-state index contributed by atoms with van der Waals surface area (Å²) in [7, 11) is 1.34. The highest BCUT2D eigenvalue weighted by Crippen LogP contribution is 2.26. The van der Waals surface area contributed by atoms with E-state index in [1.165, 1.54) is 13.2 Å². The molecule has 0 aliphatic heterocycles. The minimum absolute atomic E-state index is 0.129. The van der Waals surface area contributed by atoms with E-state index in [-0.39, 0.29) is 11.3 Å². The maximum Gasteiger partial charge on any atom is 0.134 e. The molecule has 2 nitrogen and oxygen atoms in total. The first kappa shape index (κ1) is 11.7. The second-order valence-corrected chi connectivity index (χ2v) is 3.14. The highest BCUT2D eigenvalue weighted by atomic mass is 19.1. The van der Waals surface area contributed by atoms with Crippen molar-refractivity contribution >= 4 is 0 Å². The van der Waals surface area contributed by atoms with E-state index in [1.54, 1.807) is 0 Å². The van der Waals surface area contributed by atoms with Gasteiger partial charge in [-0.15, -0.1) is 6.58 Å². The van der Waals surface area contributed by atoms with Crippen LogP contribution in [-0.4, -0.2) is 7.11 Å². The van der Waals surface area contributed by atoms with E-state index in [0.717, 1.165) is 12.1 Å². The zero-order chi connectivity index (χ0) is 11.4. The van der Waals surface area contributed by atoms with Crippen molar-refractivity contribution in [3.05, 3.63) is 42.0 Å². The lowest BCUT2D eigenvalue weighted by Gasteiger charge is -2.12. The lowest BCUT2D eigenvalue weighted by Crippen LogP contribution is -2.13. The van der Waals surface area contributed by atoms with E-state index in [9.17, 15) is 8.78 Å². The Bertz CT molecular complexity index is 343. The number of nitrogens with two attached hydrogens (primary N) is 1. The van der Waals surface area contributed by atoms with Crippen molar-refractivity contribution in [1.82, 2.24) is 0 Å². The van der Waals surface area contributed by atoms with Crippen molar-refractivity contribution in [2.24, 2.45) is 5.73 Å². The molecule has 0 amide bonds. The van der Waals surface area contributed by atoms with Crippen LogP contribution in [-0.2, 0) is 0 Å². The van der Waals surface area contributed by atoms with Gasteiger partial charge in [-0.05, 0) is 6.42 Å². The van der Waals surface area contributed by atoms with Crippen molar-refractivity contribution in [3.8, 4) is 5.75 Å². The molecule has 1 aromatic carbocycles. The van der Waals surface area contributed by atoms with Gasteiger partial charge in [0.15, 0.2) is 0 Å². The van der Waals surface area contributed by atoms with E-state index < -0.39 is 17.7 Å². The van der Waals surface area contributed by atoms with Crippen LogP contribution in [0.3, 0.4) is 0 Å². The van der Waals surface area contributed by atoms with E-state index in [2.05, 4.69) is 6.58 Å². The fraction of sp³-hybridized carbons (Fsp3) is 0.273. The third-order valence-electron chi connectivity index (χ3n) is 2.08. The molecule has 15 heavy (non-hydrogen) atoms. The van der Waals surface area contributed by atoms with E-state index in [4.69, 9.17) is 10.5 Å². The summed E-state index contributed by atoms with van der Waals surface area (Å²) in [5, 5.41) is 0. The number of hydrogen-bond donors (Lipinski definition) is 1. The standard InChI is InChI=1S/C11H13F2NO/c1-3-4-10(14)11-8(12)5-7(15-2)6-9(11)13/h3,5-6,10H,1,4,14H2,2H3/t10-/m0/s1. The van der Waals surface area contributed by atoms with Gasteiger partial charge in [0.05, 0.1) is 7.11 Å². The van der Waals surface area contributed by atoms with Crippen molar-refractivity contribution in [2.75, 3.05) is 7.11 Å². The zero-order valence-electron chi connectivity index (χ0n) is 8.47. The first-order valence-corrected chi connectivity index (χ1v) is 4.49. The number of methoxy groups -OCH3 is 1. The summed E-state index contributed by atoms with van der Waals surface area (Å²) >= 11 is 0. The molecule has 0 bridgehead atoms. The Labute approximate surface area is 87.4 Å². The van der Waals surface area contributed by atoms with Crippen LogP contribution in [0.4, 0.5) is 8.78 Å². The number of hydrogen-bond acceptors (Lipinski definition) is 2. The van der Waals surface area contributed by atoms with Gasteiger partial charge in [-0.1, -0.05) is 6.08 Å². The average Bonchev–Trinajstić information content (AvgIpc) is 2.16. The van der Waals surface area contributed by atoms with Gasteiger partial charge in [0.2, 0.25) is 0 Å². The van der Waals surface area contributed by atoms with Crippen LogP contribution in [0.5, 0.6) is 5.75 Å². The van der Waals surface area contributed by atoms with Gasteiger partial charge in [-0.2, -0.15) is 0 Å². The Morgan fingerprint density at radius 1 is 1.47 bits per heavy atom. The van der Waals surface area contributed by atoms with Gasteiger partial charge in [0.1, 0.15) is 17.4 Å². The predicted molar refractivity (Wildman–Crippen MR) is 54.7 cm³/mol. The van der Waals surface area contributed by atoms with Crippen molar-refractivity contribution in [1.29, 1.82) is 0 Å². The Kier molecular flexibility index (Phi) is 3.80. The SMILES string of the molecule is C=CC[C@H](N)c1c(F)cc(OC)cc1F. The third kappa shape index (κ3) is 2.53. The summed E-state index contributed by atoms with van der Waals surface area (Å²) < 4.78 is 31.6. The molecule has 0 heterocycles. The largest absolute Gasteiger partial charge is 0.497 e. The molecular weight excluding hydrogens is 200 g/mol. The third-order valence-corrected chi connectivity index (χ3v) is 2.08. The molecule has 0 aromatic heterocycles. The number of ether oxygens (including phenoxy) is 1. The molecule has 0 radical (unpaired) electrons. The van der Waals surface area contributed by atoms with Gasteiger partial charge in [-0.3, -0.25) is 0 Å². The fourth-order valence-electron chi connectivity index (χ4n) is 1.33. The number of benzene rings is 1. The predicted octanol–water partition coefficient (Wildman–Crippen LogP) is 2.55. The van der Waals surface area contributed by atoms with Crippen LogP contribution < -0.4 is 10.5 Å². The monoisotopic (exact) mass is 213 g/mol. The highest BCUT2D eigenvalue weighted by Gasteiger charge is 2.17. The van der Waals surface area contributed by atoms with Crippen LogP contribution >= 0.6 is 0 Å². The number of halogens is 2. The summed E-state index contributed by atoms with van der Waals surface area (Å²) in [5.74, 6) is -1.25. The van der Waals surface area contributed by atoms with Crippen LogP contribution in [0.2, 0.25) is 0 Å². The minimum atomic E-state index is -0.714. The summed E-state index contributed by atoms with van der Waals surface area (Å²) in [4.78, 5) is 0. The molecule has 0 saturated carbocycles. The molecule has 1 aromatic rings. The Hall–Kier alpha value is -1.42. The summed E-state index contributed by atoms with van der Waals surface area (Å²) in [6, 6.07) is 1.51. The van der Waals surface area contributed by atoms with Crippen LogP contribution in [0.15, 0.2) is 24.8 Å². The van der Waals surface area contributed by atoms with Gasteiger partial charge < -0.3 is 10.5 Å². The maximum absolute atomic E-state index is 13.4. The van der Waals surface area contributed by atoms with E-state index in [0.29, 0.717) is 6.42 Å². The summed E-state index contributed by atoms with van der Waals surface area (Å²) in [6.45, 7) is 3.47. The highest BCUT2D eigenvalue weighted by molar-refractivity contribution is 5.32. The van der Waals surface area contributed by atoms with Gasteiger partial charge in [-0.25, -0.2) is 8.78 Å². The Morgan fingerprint density at radius 2 is 2.00 bits per heavy atom. The maximum atomic E-state index is 13.4. The average molecular weight is 213 g/mol. The first-order valence-electron chi connectivity index (χ1n) is 4.49. The lowest BCUT2D eigenvalue weighted by molar-refractivity contribution is 0.403. The molecule has 1 atom stereocenters. The molecule has 0 unspecified atom stereocenters. The molecule has 0 aliphatic rings. The molecule has 4 heteroatoms. The molecule has 2 N–H and O–H groups in total. The first-order chi connectivity index (χ1) is 7.10. The van der Waals surface area contributed by atoms with Gasteiger partial charge >= 0.3 is 0 Å². The molecule has 1 rings (SSSR count).